The third kappa shape index (κ3) is 4.21. The summed E-state index contributed by atoms with van der Waals surface area (Å²) in [5.41, 5.74) is 11.9. The number of amides is 1. The summed E-state index contributed by atoms with van der Waals surface area (Å²) >= 11 is 0. The summed E-state index contributed by atoms with van der Waals surface area (Å²) in [6, 6.07) is 5.30. The maximum absolute atomic E-state index is 12.4. The van der Waals surface area contributed by atoms with Gasteiger partial charge in [-0.3, -0.25) is 15.1 Å². The minimum absolute atomic E-state index is 0.0128. The van der Waals surface area contributed by atoms with Gasteiger partial charge in [-0.05, 0) is 45.0 Å². The number of guanidine groups is 1. The van der Waals surface area contributed by atoms with E-state index in [9.17, 15) is 4.79 Å². The Bertz CT molecular complexity index is 769. The van der Waals surface area contributed by atoms with E-state index in [-0.39, 0.29) is 12.1 Å². The lowest BCUT2D eigenvalue weighted by Gasteiger charge is -2.13. The van der Waals surface area contributed by atoms with Gasteiger partial charge in [0.05, 0.1) is 18.2 Å². The number of fused-ring (bicyclic) bond motifs is 1. The molecule has 0 saturated carbocycles. The first kappa shape index (κ1) is 18.6. The number of hydrogen-bond acceptors (Lipinski definition) is 5. The highest BCUT2D eigenvalue weighted by Gasteiger charge is 2.20. The largest absolute Gasteiger partial charge is 0.491 e. The number of nitrogens with zero attached hydrogens (tertiary/aromatic N) is 1. The number of nitrogens with two attached hydrogens (primary N) is 2. The van der Waals surface area contributed by atoms with Crippen LogP contribution in [0.3, 0.4) is 0 Å². The van der Waals surface area contributed by atoms with Crippen molar-refractivity contribution in [2.75, 3.05) is 20.2 Å². The molecule has 0 aliphatic heterocycles. The van der Waals surface area contributed by atoms with Crippen LogP contribution in [0.5, 0.6) is 11.5 Å². The Morgan fingerprint density at radius 1 is 1.36 bits per heavy atom. The van der Waals surface area contributed by atoms with Gasteiger partial charge < -0.3 is 25.9 Å². The van der Waals surface area contributed by atoms with Crippen LogP contribution in [0.1, 0.15) is 30.8 Å². The monoisotopic (exact) mass is 347 g/mol. The van der Waals surface area contributed by atoms with E-state index in [0.717, 1.165) is 16.7 Å². The van der Waals surface area contributed by atoms with Crippen LogP contribution >= 0.6 is 0 Å². The maximum Gasteiger partial charge on any atom is 0.276 e. The van der Waals surface area contributed by atoms with Crippen LogP contribution in [0.2, 0.25) is 0 Å². The Balaban J connectivity index is 2.47. The molecule has 0 radical (unpaired) electrons. The summed E-state index contributed by atoms with van der Waals surface area (Å²) < 4.78 is 11.6. The summed E-state index contributed by atoms with van der Waals surface area (Å²) in [6.07, 6.45) is 0.715. The zero-order valence-corrected chi connectivity index (χ0v) is 14.8. The zero-order valence-electron chi connectivity index (χ0n) is 14.8. The van der Waals surface area contributed by atoms with Gasteiger partial charge in [-0.2, -0.15) is 0 Å². The molecule has 6 N–H and O–H groups in total. The number of H-pyrrole nitrogens is 1. The number of hydrogen-bond donors (Lipinski definition) is 4. The van der Waals surface area contributed by atoms with Crippen molar-refractivity contribution in [3.05, 3.63) is 23.9 Å². The third-order valence-electron chi connectivity index (χ3n) is 3.58. The molecule has 1 heterocycles. The van der Waals surface area contributed by atoms with Crippen molar-refractivity contribution in [3.8, 4) is 11.5 Å². The van der Waals surface area contributed by atoms with Crippen molar-refractivity contribution >= 4 is 22.8 Å². The SMILES string of the molecule is CC(C)Oc1ccc(OCCCN)c2[nH]c(C(=O)N(C)C(=N)N)cc12. The van der Waals surface area contributed by atoms with Crippen LogP contribution < -0.4 is 20.9 Å². The molecule has 2 aromatic rings. The van der Waals surface area contributed by atoms with Gasteiger partial charge in [0.25, 0.3) is 5.91 Å². The minimum Gasteiger partial charge on any atom is -0.491 e. The van der Waals surface area contributed by atoms with Gasteiger partial charge in [-0.1, -0.05) is 0 Å². The number of aromatic nitrogens is 1. The molecule has 136 valence electrons. The summed E-state index contributed by atoms with van der Waals surface area (Å²) in [5.74, 6) is 0.523. The average Bonchev–Trinajstić information content (AvgIpc) is 3.00. The average molecular weight is 347 g/mol. The first-order chi connectivity index (χ1) is 11.8. The topological polar surface area (TPSA) is 130 Å². The van der Waals surface area contributed by atoms with Crippen molar-refractivity contribution < 1.29 is 14.3 Å². The van der Waals surface area contributed by atoms with E-state index >= 15 is 0 Å². The molecule has 1 aromatic heterocycles. The lowest BCUT2D eigenvalue weighted by Crippen LogP contribution is -2.38. The van der Waals surface area contributed by atoms with Crippen molar-refractivity contribution in [1.29, 1.82) is 5.41 Å². The van der Waals surface area contributed by atoms with Crippen LogP contribution in [-0.2, 0) is 0 Å². The molecule has 0 aliphatic carbocycles. The predicted molar refractivity (Wildman–Crippen MR) is 97.2 cm³/mol. The number of carbonyl (C=O) groups is 1. The number of carbonyl (C=O) groups excluding carboxylic acids is 1. The number of benzene rings is 1. The molecule has 0 saturated heterocycles. The Morgan fingerprint density at radius 3 is 2.64 bits per heavy atom. The fraction of sp³-hybridized carbons (Fsp3) is 0.412. The fourth-order valence-electron chi connectivity index (χ4n) is 2.32. The van der Waals surface area contributed by atoms with Crippen molar-refractivity contribution in [2.45, 2.75) is 26.4 Å². The van der Waals surface area contributed by atoms with Gasteiger partial charge in [0, 0.05) is 12.4 Å². The van der Waals surface area contributed by atoms with Crippen molar-refractivity contribution in [1.82, 2.24) is 9.88 Å². The predicted octanol–water partition coefficient (Wildman–Crippen LogP) is 1.65. The molecule has 8 nitrogen and oxygen atoms in total. The van der Waals surface area contributed by atoms with Gasteiger partial charge in [0.2, 0.25) is 0 Å². The van der Waals surface area contributed by atoms with Crippen LogP contribution in [0.25, 0.3) is 10.9 Å². The summed E-state index contributed by atoms with van der Waals surface area (Å²) in [6.45, 7) is 4.88. The molecular formula is C17H25N5O3. The normalized spacial score (nSPS) is 10.9. The lowest BCUT2D eigenvalue weighted by atomic mass is 10.2. The van der Waals surface area contributed by atoms with Crippen molar-refractivity contribution in [2.24, 2.45) is 11.5 Å². The van der Waals surface area contributed by atoms with Crippen LogP contribution in [0, 0.1) is 5.41 Å². The number of aromatic amines is 1. The number of ether oxygens (including phenoxy) is 2. The molecular weight excluding hydrogens is 322 g/mol. The molecule has 0 atom stereocenters. The van der Waals surface area contributed by atoms with E-state index < -0.39 is 5.91 Å². The zero-order chi connectivity index (χ0) is 18.6. The summed E-state index contributed by atoms with van der Waals surface area (Å²) in [7, 11) is 1.44. The van der Waals surface area contributed by atoms with Gasteiger partial charge in [0.1, 0.15) is 17.2 Å². The van der Waals surface area contributed by atoms with E-state index in [0.29, 0.717) is 35.9 Å². The second-order valence-electron chi connectivity index (χ2n) is 5.94. The summed E-state index contributed by atoms with van der Waals surface area (Å²) in [5, 5.41) is 8.15. The van der Waals surface area contributed by atoms with E-state index in [1.54, 1.807) is 12.1 Å². The minimum atomic E-state index is -0.410. The fourth-order valence-corrected chi connectivity index (χ4v) is 2.32. The van der Waals surface area contributed by atoms with Crippen LogP contribution in [0.15, 0.2) is 18.2 Å². The molecule has 0 unspecified atom stereocenters. The molecule has 2 rings (SSSR count). The second kappa shape index (κ2) is 7.89. The van der Waals surface area contributed by atoms with Crippen LogP contribution in [-0.4, -0.2) is 48.1 Å². The Labute approximate surface area is 146 Å². The number of rotatable bonds is 7. The molecule has 0 bridgehead atoms. The van der Waals surface area contributed by atoms with Gasteiger partial charge in [-0.15, -0.1) is 0 Å². The van der Waals surface area contributed by atoms with Crippen molar-refractivity contribution in [3.63, 3.8) is 0 Å². The highest BCUT2D eigenvalue weighted by Crippen LogP contribution is 2.34. The molecule has 0 fully saturated rings. The Morgan fingerprint density at radius 2 is 2.04 bits per heavy atom. The van der Waals surface area contributed by atoms with Gasteiger partial charge >= 0.3 is 0 Å². The van der Waals surface area contributed by atoms with E-state index in [2.05, 4.69) is 4.98 Å². The highest BCUT2D eigenvalue weighted by molar-refractivity contribution is 6.07. The lowest BCUT2D eigenvalue weighted by molar-refractivity contribution is 0.0864. The molecule has 0 spiro atoms. The van der Waals surface area contributed by atoms with Crippen LogP contribution in [0.4, 0.5) is 0 Å². The quantitative estimate of drug-likeness (QED) is 0.344. The smallest absolute Gasteiger partial charge is 0.276 e. The molecule has 1 amide bonds. The first-order valence-electron chi connectivity index (χ1n) is 8.12. The Kier molecular flexibility index (Phi) is 5.87. The highest BCUT2D eigenvalue weighted by atomic mass is 16.5. The molecule has 0 aliphatic rings. The standard InChI is InChI=1S/C17H25N5O3/c1-10(2)25-13-5-6-14(24-8-4-7-18)15-11(13)9-12(21-15)16(23)22(3)17(19)20/h5-6,9-10,21H,4,7-8,18H2,1-3H3,(H3,19,20). The number of nitrogens with one attached hydrogen (secondary N) is 2. The Hall–Kier alpha value is -2.74. The van der Waals surface area contributed by atoms with Gasteiger partial charge in [-0.25, -0.2) is 0 Å². The summed E-state index contributed by atoms with van der Waals surface area (Å²) in [4.78, 5) is 16.6. The van der Waals surface area contributed by atoms with E-state index in [4.69, 9.17) is 26.4 Å². The van der Waals surface area contributed by atoms with E-state index in [1.807, 2.05) is 19.9 Å². The van der Waals surface area contributed by atoms with E-state index in [1.165, 1.54) is 7.05 Å². The van der Waals surface area contributed by atoms with Gasteiger partial charge in [0.15, 0.2) is 5.96 Å². The molecule has 8 heteroatoms. The molecule has 1 aromatic carbocycles. The third-order valence-corrected chi connectivity index (χ3v) is 3.58. The first-order valence-corrected chi connectivity index (χ1v) is 8.12. The molecule has 25 heavy (non-hydrogen) atoms. The maximum atomic E-state index is 12.4. The second-order valence-corrected chi connectivity index (χ2v) is 5.94.